The SMILES string of the molecule is CC1(C(=O)c2ccc3c(c2)CCCO3)CCCO1. The van der Waals surface area contributed by atoms with Gasteiger partial charge in [0.1, 0.15) is 11.4 Å². The van der Waals surface area contributed by atoms with Gasteiger partial charge in [-0.3, -0.25) is 4.79 Å². The Hall–Kier alpha value is -1.35. The Morgan fingerprint density at radius 3 is 2.94 bits per heavy atom. The Bertz CT molecular complexity index is 473. The van der Waals surface area contributed by atoms with Crippen LogP contribution in [0.3, 0.4) is 0 Å². The van der Waals surface area contributed by atoms with Crippen LogP contribution in [0.15, 0.2) is 18.2 Å². The van der Waals surface area contributed by atoms with Crippen molar-refractivity contribution in [1.29, 1.82) is 0 Å². The molecule has 2 heterocycles. The van der Waals surface area contributed by atoms with E-state index >= 15 is 0 Å². The molecule has 0 spiro atoms. The van der Waals surface area contributed by atoms with Crippen LogP contribution in [-0.2, 0) is 11.2 Å². The lowest BCUT2D eigenvalue weighted by molar-refractivity contribution is 0.0213. The lowest BCUT2D eigenvalue weighted by Gasteiger charge is -2.23. The maximum Gasteiger partial charge on any atom is 0.194 e. The van der Waals surface area contributed by atoms with Crippen molar-refractivity contribution in [3.05, 3.63) is 29.3 Å². The second kappa shape index (κ2) is 4.39. The molecule has 1 atom stereocenters. The average Bonchev–Trinajstić information content (AvgIpc) is 2.85. The number of ether oxygens (including phenoxy) is 2. The number of carbonyl (C=O) groups is 1. The lowest BCUT2D eigenvalue weighted by Crippen LogP contribution is -2.34. The van der Waals surface area contributed by atoms with E-state index < -0.39 is 5.60 Å². The summed E-state index contributed by atoms with van der Waals surface area (Å²) in [7, 11) is 0. The molecule has 0 radical (unpaired) electrons. The van der Waals surface area contributed by atoms with E-state index in [-0.39, 0.29) is 5.78 Å². The highest BCUT2D eigenvalue weighted by molar-refractivity contribution is 6.02. The lowest BCUT2D eigenvalue weighted by atomic mass is 9.90. The topological polar surface area (TPSA) is 35.5 Å². The molecule has 3 rings (SSSR count). The van der Waals surface area contributed by atoms with E-state index in [1.54, 1.807) is 0 Å². The fourth-order valence-electron chi connectivity index (χ4n) is 2.77. The molecule has 0 amide bonds. The third kappa shape index (κ3) is 1.93. The molecule has 0 bridgehead atoms. The van der Waals surface area contributed by atoms with E-state index in [9.17, 15) is 4.79 Å². The molecule has 96 valence electrons. The largest absolute Gasteiger partial charge is 0.493 e. The van der Waals surface area contributed by atoms with Crippen LogP contribution in [0.4, 0.5) is 0 Å². The van der Waals surface area contributed by atoms with Crippen LogP contribution >= 0.6 is 0 Å². The Kier molecular flexibility index (Phi) is 2.86. The number of carbonyl (C=O) groups excluding carboxylic acids is 1. The summed E-state index contributed by atoms with van der Waals surface area (Å²) >= 11 is 0. The van der Waals surface area contributed by atoms with Crippen LogP contribution in [0, 0.1) is 0 Å². The summed E-state index contributed by atoms with van der Waals surface area (Å²) in [6.07, 6.45) is 3.81. The Morgan fingerprint density at radius 2 is 2.17 bits per heavy atom. The minimum absolute atomic E-state index is 0.105. The summed E-state index contributed by atoms with van der Waals surface area (Å²) in [5, 5.41) is 0. The van der Waals surface area contributed by atoms with Crippen LogP contribution in [0.5, 0.6) is 5.75 Å². The van der Waals surface area contributed by atoms with Gasteiger partial charge in [-0.05, 0) is 56.4 Å². The van der Waals surface area contributed by atoms with Crippen LogP contribution in [0.25, 0.3) is 0 Å². The molecule has 3 heteroatoms. The van der Waals surface area contributed by atoms with Crippen LogP contribution in [0.1, 0.15) is 42.1 Å². The minimum Gasteiger partial charge on any atom is -0.493 e. The highest BCUT2D eigenvalue weighted by atomic mass is 16.5. The van der Waals surface area contributed by atoms with Crippen molar-refractivity contribution in [1.82, 2.24) is 0 Å². The van der Waals surface area contributed by atoms with Crippen molar-refractivity contribution in [3.8, 4) is 5.75 Å². The van der Waals surface area contributed by atoms with Crippen molar-refractivity contribution >= 4 is 5.78 Å². The van der Waals surface area contributed by atoms with E-state index in [0.29, 0.717) is 6.61 Å². The van der Waals surface area contributed by atoms with Crippen molar-refractivity contribution in [2.45, 2.75) is 38.2 Å². The highest BCUT2D eigenvalue weighted by Crippen LogP contribution is 2.31. The normalized spacial score (nSPS) is 26.5. The van der Waals surface area contributed by atoms with Gasteiger partial charge in [0, 0.05) is 12.2 Å². The van der Waals surface area contributed by atoms with E-state index in [0.717, 1.165) is 49.2 Å². The summed E-state index contributed by atoms with van der Waals surface area (Å²) < 4.78 is 11.2. The van der Waals surface area contributed by atoms with Crippen molar-refractivity contribution in [2.24, 2.45) is 0 Å². The van der Waals surface area contributed by atoms with Crippen molar-refractivity contribution in [3.63, 3.8) is 0 Å². The van der Waals surface area contributed by atoms with E-state index in [1.165, 1.54) is 0 Å². The molecule has 1 saturated heterocycles. The molecule has 0 aromatic heterocycles. The molecule has 18 heavy (non-hydrogen) atoms. The van der Waals surface area contributed by atoms with Gasteiger partial charge in [-0.15, -0.1) is 0 Å². The molecule has 1 aromatic rings. The zero-order valence-electron chi connectivity index (χ0n) is 10.7. The van der Waals surface area contributed by atoms with Gasteiger partial charge < -0.3 is 9.47 Å². The summed E-state index contributed by atoms with van der Waals surface area (Å²) in [6.45, 7) is 3.37. The van der Waals surface area contributed by atoms with Gasteiger partial charge >= 0.3 is 0 Å². The zero-order chi connectivity index (χ0) is 12.6. The Balaban J connectivity index is 1.90. The number of ketones is 1. The quantitative estimate of drug-likeness (QED) is 0.753. The fraction of sp³-hybridized carbons (Fsp3) is 0.533. The van der Waals surface area contributed by atoms with Crippen LogP contribution in [0.2, 0.25) is 0 Å². The van der Waals surface area contributed by atoms with Gasteiger partial charge in [0.05, 0.1) is 6.61 Å². The number of hydrogen-bond donors (Lipinski definition) is 0. The molecule has 2 aliphatic heterocycles. The second-order valence-corrected chi connectivity index (χ2v) is 5.29. The highest BCUT2D eigenvalue weighted by Gasteiger charge is 2.38. The van der Waals surface area contributed by atoms with E-state index in [2.05, 4.69) is 0 Å². The third-order valence-corrected chi connectivity index (χ3v) is 3.87. The maximum absolute atomic E-state index is 12.5. The van der Waals surface area contributed by atoms with Gasteiger partial charge in [-0.2, -0.15) is 0 Å². The van der Waals surface area contributed by atoms with Gasteiger partial charge in [0.25, 0.3) is 0 Å². The molecule has 0 N–H and O–H groups in total. The number of benzene rings is 1. The summed E-state index contributed by atoms with van der Waals surface area (Å²) in [5.41, 5.74) is 1.28. The smallest absolute Gasteiger partial charge is 0.194 e. The van der Waals surface area contributed by atoms with E-state index in [1.807, 2.05) is 25.1 Å². The molecule has 0 saturated carbocycles. The van der Waals surface area contributed by atoms with Crippen LogP contribution < -0.4 is 4.74 Å². The first kappa shape index (κ1) is 11.7. The minimum atomic E-state index is -0.621. The van der Waals surface area contributed by atoms with Gasteiger partial charge in [0.15, 0.2) is 5.78 Å². The molecule has 3 nitrogen and oxygen atoms in total. The van der Waals surface area contributed by atoms with E-state index in [4.69, 9.17) is 9.47 Å². The number of hydrogen-bond acceptors (Lipinski definition) is 3. The molecule has 1 aromatic carbocycles. The zero-order valence-corrected chi connectivity index (χ0v) is 10.7. The molecule has 1 fully saturated rings. The fourth-order valence-corrected chi connectivity index (χ4v) is 2.77. The monoisotopic (exact) mass is 246 g/mol. The Morgan fingerprint density at radius 1 is 1.28 bits per heavy atom. The molecule has 2 aliphatic rings. The maximum atomic E-state index is 12.5. The third-order valence-electron chi connectivity index (χ3n) is 3.87. The number of fused-ring (bicyclic) bond motifs is 1. The van der Waals surface area contributed by atoms with Crippen LogP contribution in [-0.4, -0.2) is 24.6 Å². The first-order valence-corrected chi connectivity index (χ1v) is 6.63. The predicted molar refractivity (Wildman–Crippen MR) is 68.2 cm³/mol. The standard InChI is InChI=1S/C15H18O3/c1-15(7-3-9-18-15)14(16)12-5-6-13-11(10-12)4-2-8-17-13/h5-6,10H,2-4,7-9H2,1H3. The van der Waals surface area contributed by atoms with Gasteiger partial charge in [-0.1, -0.05) is 0 Å². The summed E-state index contributed by atoms with van der Waals surface area (Å²) in [6, 6.07) is 5.75. The van der Waals surface area contributed by atoms with Crippen molar-refractivity contribution in [2.75, 3.05) is 13.2 Å². The predicted octanol–water partition coefficient (Wildman–Crippen LogP) is 2.76. The Labute approximate surface area is 107 Å². The van der Waals surface area contributed by atoms with Crippen molar-refractivity contribution < 1.29 is 14.3 Å². The number of aryl methyl sites for hydroxylation is 1. The summed E-state index contributed by atoms with van der Waals surface area (Å²) in [5.74, 6) is 1.03. The molecule has 1 unspecified atom stereocenters. The molecule has 0 aliphatic carbocycles. The van der Waals surface area contributed by atoms with Gasteiger partial charge in [0.2, 0.25) is 0 Å². The van der Waals surface area contributed by atoms with Gasteiger partial charge in [-0.25, -0.2) is 0 Å². The first-order valence-electron chi connectivity index (χ1n) is 6.63. The first-order chi connectivity index (χ1) is 8.69. The average molecular weight is 246 g/mol. The second-order valence-electron chi connectivity index (χ2n) is 5.29. The molecular formula is C15H18O3. The number of rotatable bonds is 2. The summed E-state index contributed by atoms with van der Waals surface area (Å²) in [4.78, 5) is 12.5. The number of Topliss-reactive ketones (excluding diaryl/α,β-unsaturated/α-hetero) is 1. The molecular weight excluding hydrogens is 228 g/mol.